The highest BCUT2D eigenvalue weighted by Crippen LogP contribution is 2.68. The van der Waals surface area contributed by atoms with Crippen LogP contribution in [0.5, 0.6) is 0 Å². The van der Waals surface area contributed by atoms with E-state index in [4.69, 9.17) is 0 Å². The lowest BCUT2D eigenvalue weighted by molar-refractivity contribution is -0.130. The third-order valence-corrected chi connectivity index (χ3v) is 7.38. The molecule has 0 saturated heterocycles. The van der Waals surface area contributed by atoms with Crippen molar-refractivity contribution in [3.8, 4) is 11.8 Å². The minimum atomic E-state index is -1.07. The summed E-state index contributed by atoms with van der Waals surface area (Å²) >= 11 is 1.61. The Morgan fingerprint density at radius 3 is 2.80 bits per heavy atom. The van der Waals surface area contributed by atoms with E-state index in [1.165, 1.54) is 4.88 Å². The molecule has 2 saturated carbocycles. The minimum absolute atomic E-state index is 0.00887. The Morgan fingerprint density at radius 1 is 1.30 bits per heavy atom. The molecule has 5 rings (SSSR count). The van der Waals surface area contributed by atoms with Gasteiger partial charge in [0.15, 0.2) is 5.65 Å². The zero-order valence-electron chi connectivity index (χ0n) is 17.0. The van der Waals surface area contributed by atoms with Crippen LogP contribution in [0.2, 0.25) is 0 Å². The quantitative estimate of drug-likeness (QED) is 0.628. The van der Waals surface area contributed by atoms with Crippen molar-refractivity contribution in [1.29, 1.82) is 0 Å². The zero-order valence-corrected chi connectivity index (χ0v) is 17.8. The van der Waals surface area contributed by atoms with Crippen LogP contribution in [0.1, 0.15) is 47.1 Å². The number of ketones is 1. The van der Waals surface area contributed by atoms with Gasteiger partial charge in [-0.3, -0.25) is 4.79 Å². The van der Waals surface area contributed by atoms with Crippen molar-refractivity contribution in [2.24, 2.45) is 11.3 Å². The lowest BCUT2D eigenvalue weighted by Gasteiger charge is -2.23. The molecule has 3 aromatic heterocycles. The molecule has 0 aliphatic heterocycles. The van der Waals surface area contributed by atoms with Crippen molar-refractivity contribution >= 4 is 28.3 Å². The zero-order chi connectivity index (χ0) is 21.2. The van der Waals surface area contributed by atoms with E-state index in [1.807, 2.05) is 26.0 Å². The molecule has 3 heterocycles. The number of hydrogen-bond donors (Lipinski definition) is 2. The first kappa shape index (κ1) is 19.4. The van der Waals surface area contributed by atoms with Crippen molar-refractivity contribution in [2.75, 3.05) is 0 Å². The van der Waals surface area contributed by atoms with Gasteiger partial charge in [-0.05, 0) is 50.2 Å². The van der Waals surface area contributed by atoms with Gasteiger partial charge in [-0.1, -0.05) is 6.92 Å². The van der Waals surface area contributed by atoms with E-state index in [1.54, 1.807) is 29.2 Å². The lowest BCUT2D eigenvalue weighted by Crippen LogP contribution is -2.37. The largest absolute Gasteiger partial charge is 0.389 e. The fourth-order valence-electron chi connectivity index (χ4n) is 4.92. The summed E-state index contributed by atoms with van der Waals surface area (Å²) in [6.45, 7) is 5.68. The number of imidazole rings is 1. The van der Waals surface area contributed by atoms with Crippen LogP contribution in [0, 0.1) is 37.0 Å². The van der Waals surface area contributed by atoms with Crippen LogP contribution in [-0.2, 0) is 4.79 Å². The normalized spacial score (nSPS) is 29.5. The predicted molar refractivity (Wildman–Crippen MR) is 112 cm³/mol. The maximum absolute atomic E-state index is 12.5. The standard InChI is InChI=1S/C22H22N4O3S/c1-4-15(27)22-9-14(22)18(19(28)20(22)29)26-10-23-17-12(3)24-16(25-21(17)26)8-7-13-6-5-11(2)30-13/h5-6,10,14,18-20,28-29H,4,9H2,1-3H3/t14-,18-,19-,20?,22-/m1/s1. The maximum atomic E-state index is 12.5. The first-order valence-corrected chi connectivity index (χ1v) is 10.9. The number of thiophene rings is 1. The number of carbonyl (C=O) groups excluding carboxylic acids is 1. The third-order valence-electron chi connectivity index (χ3n) is 6.47. The molecular weight excluding hydrogens is 400 g/mol. The van der Waals surface area contributed by atoms with Gasteiger partial charge in [-0.15, -0.1) is 11.3 Å². The van der Waals surface area contributed by atoms with Gasteiger partial charge < -0.3 is 14.8 Å². The summed E-state index contributed by atoms with van der Waals surface area (Å²) in [6.07, 6.45) is 0.437. The van der Waals surface area contributed by atoms with Crippen LogP contribution in [0.3, 0.4) is 0 Å². The summed E-state index contributed by atoms with van der Waals surface area (Å²) in [5.74, 6) is 6.39. The molecule has 30 heavy (non-hydrogen) atoms. The molecule has 0 aromatic carbocycles. The molecule has 8 heteroatoms. The Bertz CT molecular complexity index is 1240. The van der Waals surface area contributed by atoms with Crippen LogP contribution in [0.25, 0.3) is 11.2 Å². The molecule has 0 radical (unpaired) electrons. The summed E-state index contributed by atoms with van der Waals surface area (Å²) in [5.41, 5.74) is 1.06. The van der Waals surface area contributed by atoms with Crippen LogP contribution in [0.15, 0.2) is 18.5 Å². The lowest BCUT2D eigenvalue weighted by atomic mass is 9.92. The van der Waals surface area contributed by atoms with Gasteiger partial charge >= 0.3 is 0 Å². The molecule has 2 fully saturated rings. The molecule has 7 nitrogen and oxygen atoms in total. The minimum Gasteiger partial charge on any atom is -0.389 e. The van der Waals surface area contributed by atoms with E-state index in [0.717, 1.165) is 4.88 Å². The highest BCUT2D eigenvalue weighted by molar-refractivity contribution is 7.12. The number of aromatic nitrogens is 4. The number of rotatable bonds is 3. The van der Waals surface area contributed by atoms with E-state index >= 15 is 0 Å². The van der Waals surface area contributed by atoms with Crippen molar-refractivity contribution in [2.45, 2.75) is 51.9 Å². The van der Waals surface area contributed by atoms with Gasteiger partial charge in [0.2, 0.25) is 5.82 Å². The van der Waals surface area contributed by atoms with Crippen molar-refractivity contribution in [3.63, 3.8) is 0 Å². The van der Waals surface area contributed by atoms with Crippen LogP contribution in [0.4, 0.5) is 0 Å². The first-order chi connectivity index (χ1) is 14.4. The maximum Gasteiger partial charge on any atom is 0.207 e. The highest BCUT2D eigenvalue weighted by atomic mass is 32.1. The van der Waals surface area contributed by atoms with Gasteiger partial charge in [0.25, 0.3) is 0 Å². The van der Waals surface area contributed by atoms with Gasteiger partial charge in [-0.25, -0.2) is 15.0 Å². The van der Waals surface area contributed by atoms with E-state index in [9.17, 15) is 15.0 Å². The molecule has 2 N–H and O–H groups in total. The van der Waals surface area contributed by atoms with Crippen LogP contribution < -0.4 is 0 Å². The van der Waals surface area contributed by atoms with Gasteiger partial charge in [0.1, 0.15) is 17.4 Å². The topological polar surface area (TPSA) is 101 Å². The number of Topliss-reactive ketones (excluding diaryl/α,β-unsaturated/α-hetero) is 1. The number of aliphatic hydroxyl groups is 2. The SMILES string of the molecule is CCC(=O)[C@@]12C[C@@H]1[C@@H](n1cnc3c(C)nc(C#Cc4ccc(C)s4)nc31)[C@@H](O)C2O. The second-order valence-corrected chi connectivity index (χ2v) is 9.46. The average Bonchev–Trinajstić information content (AvgIpc) is 2.98. The Balaban J connectivity index is 1.56. The molecule has 5 atom stereocenters. The van der Waals surface area contributed by atoms with E-state index < -0.39 is 23.7 Å². The Kier molecular flexibility index (Phi) is 4.33. The number of carbonyl (C=O) groups is 1. The summed E-state index contributed by atoms with van der Waals surface area (Å²) in [4.78, 5) is 28.1. The molecule has 1 unspecified atom stereocenters. The summed E-state index contributed by atoms with van der Waals surface area (Å²) in [6, 6.07) is 3.54. The van der Waals surface area contributed by atoms with E-state index in [0.29, 0.717) is 35.5 Å². The smallest absolute Gasteiger partial charge is 0.207 e. The number of aliphatic hydroxyl groups excluding tert-OH is 2. The molecule has 2 aliphatic carbocycles. The Morgan fingerprint density at radius 2 is 2.10 bits per heavy atom. The van der Waals surface area contributed by atoms with E-state index in [-0.39, 0.29) is 11.7 Å². The second-order valence-electron chi connectivity index (χ2n) is 8.17. The molecule has 154 valence electrons. The van der Waals surface area contributed by atoms with Crippen LogP contribution >= 0.6 is 11.3 Å². The van der Waals surface area contributed by atoms with Crippen molar-refractivity contribution < 1.29 is 15.0 Å². The van der Waals surface area contributed by atoms with Crippen molar-refractivity contribution in [3.05, 3.63) is 39.7 Å². The van der Waals surface area contributed by atoms with Crippen molar-refractivity contribution in [1.82, 2.24) is 19.5 Å². The van der Waals surface area contributed by atoms with Gasteiger partial charge in [-0.2, -0.15) is 0 Å². The number of aryl methyl sites for hydroxylation is 2. The summed E-state index contributed by atoms with van der Waals surface area (Å²) < 4.78 is 1.79. The third kappa shape index (κ3) is 2.66. The highest BCUT2D eigenvalue weighted by Gasteiger charge is 2.74. The number of nitrogens with zero attached hydrogens (tertiary/aromatic N) is 4. The molecule has 0 amide bonds. The number of fused-ring (bicyclic) bond motifs is 2. The number of hydrogen-bond acceptors (Lipinski definition) is 7. The van der Waals surface area contributed by atoms with E-state index in [2.05, 4.69) is 26.8 Å². The van der Waals surface area contributed by atoms with Gasteiger partial charge in [0.05, 0.1) is 34.5 Å². The summed E-state index contributed by atoms with van der Waals surface area (Å²) in [5, 5.41) is 21.4. The molecule has 0 spiro atoms. The first-order valence-electron chi connectivity index (χ1n) is 10.1. The monoisotopic (exact) mass is 422 g/mol. The molecule has 3 aromatic rings. The summed E-state index contributed by atoms with van der Waals surface area (Å²) in [7, 11) is 0. The molecule has 2 aliphatic rings. The van der Waals surface area contributed by atoms with Crippen LogP contribution in [-0.4, -0.2) is 47.7 Å². The fraction of sp³-hybridized carbons (Fsp3) is 0.455. The molecular formula is C22H22N4O3S. The second kappa shape index (κ2) is 6.71. The van der Waals surface area contributed by atoms with Gasteiger partial charge in [0, 0.05) is 11.3 Å². The molecule has 0 bridgehead atoms. The fourth-order valence-corrected chi connectivity index (χ4v) is 5.65. The predicted octanol–water partition coefficient (Wildman–Crippen LogP) is 2.17. The average molecular weight is 423 g/mol. The Labute approximate surface area is 177 Å². The Hall–Kier alpha value is -2.60.